The van der Waals surface area contributed by atoms with Gasteiger partial charge in [0.05, 0.1) is 0 Å². The van der Waals surface area contributed by atoms with Gasteiger partial charge in [-0.1, -0.05) is 0 Å². The lowest BCUT2D eigenvalue weighted by atomic mass is 9.98. The van der Waals surface area contributed by atoms with Crippen molar-refractivity contribution in [1.29, 1.82) is 0 Å². The smallest absolute Gasteiger partial charge is 0.0125 e. The van der Waals surface area contributed by atoms with Crippen molar-refractivity contribution < 1.29 is 0 Å². The molecule has 1 aliphatic rings. The molecule has 0 aliphatic carbocycles. The van der Waals surface area contributed by atoms with Gasteiger partial charge in [0.25, 0.3) is 0 Å². The van der Waals surface area contributed by atoms with Crippen LogP contribution in [-0.2, 0) is 0 Å². The second-order valence-corrected chi connectivity index (χ2v) is 5.35. The maximum atomic E-state index is 2.59. The van der Waals surface area contributed by atoms with Gasteiger partial charge in [-0.2, -0.15) is 0 Å². The van der Waals surface area contributed by atoms with Crippen LogP contribution >= 0.6 is 0 Å². The van der Waals surface area contributed by atoms with Gasteiger partial charge in [-0.25, -0.2) is 0 Å². The second kappa shape index (κ2) is 3.97. The standard InChI is InChI=1S/C11H24N2/c1-11(2,3)13-8-6-10(7-9-13)12(4)5/h10H,6-9H2,1-5H3. The highest BCUT2D eigenvalue weighted by atomic mass is 15.2. The van der Waals surface area contributed by atoms with Gasteiger partial charge in [0, 0.05) is 24.7 Å². The molecule has 1 fully saturated rings. The van der Waals surface area contributed by atoms with Gasteiger partial charge in [-0.05, 0) is 47.7 Å². The molecule has 0 aromatic rings. The van der Waals surface area contributed by atoms with E-state index < -0.39 is 0 Å². The first kappa shape index (κ1) is 11.0. The van der Waals surface area contributed by atoms with Crippen LogP contribution < -0.4 is 0 Å². The predicted octanol–water partition coefficient (Wildman–Crippen LogP) is 1.81. The fraction of sp³-hybridized carbons (Fsp3) is 1.00. The van der Waals surface area contributed by atoms with E-state index in [1.165, 1.54) is 25.9 Å². The zero-order valence-corrected chi connectivity index (χ0v) is 9.80. The number of hydrogen-bond acceptors (Lipinski definition) is 2. The first-order chi connectivity index (χ1) is 5.91. The molecule has 1 aliphatic heterocycles. The normalized spacial score (nSPS) is 22.6. The number of rotatable bonds is 1. The molecule has 0 amide bonds. The van der Waals surface area contributed by atoms with Crippen molar-refractivity contribution in [3.05, 3.63) is 0 Å². The maximum absolute atomic E-state index is 2.59. The van der Waals surface area contributed by atoms with Crippen LogP contribution in [0.15, 0.2) is 0 Å². The van der Waals surface area contributed by atoms with Gasteiger partial charge in [0.15, 0.2) is 0 Å². The van der Waals surface area contributed by atoms with Gasteiger partial charge in [0.2, 0.25) is 0 Å². The minimum absolute atomic E-state index is 0.358. The minimum atomic E-state index is 0.358. The quantitative estimate of drug-likeness (QED) is 0.613. The molecular weight excluding hydrogens is 160 g/mol. The van der Waals surface area contributed by atoms with Gasteiger partial charge in [0.1, 0.15) is 0 Å². The summed E-state index contributed by atoms with van der Waals surface area (Å²) in [6, 6.07) is 0.804. The highest BCUT2D eigenvalue weighted by Crippen LogP contribution is 2.21. The summed E-state index contributed by atoms with van der Waals surface area (Å²) in [7, 11) is 4.38. The lowest BCUT2D eigenvalue weighted by Gasteiger charge is -2.42. The molecule has 78 valence electrons. The van der Waals surface area contributed by atoms with E-state index in [2.05, 4.69) is 44.7 Å². The number of piperidine rings is 1. The summed E-state index contributed by atoms with van der Waals surface area (Å²) in [6.07, 6.45) is 2.65. The number of nitrogens with zero attached hydrogens (tertiary/aromatic N) is 2. The molecule has 0 saturated carbocycles. The van der Waals surface area contributed by atoms with E-state index in [0.29, 0.717) is 5.54 Å². The Morgan fingerprint density at radius 2 is 1.54 bits per heavy atom. The Morgan fingerprint density at radius 1 is 1.08 bits per heavy atom. The average Bonchev–Trinajstić information content (AvgIpc) is 2.03. The average molecular weight is 184 g/mol. The second-order valence-electron chi connectivity index (χ2n) is 5.35. The molecule has 0 N–H and O–H groups in total. The fourth-order valence-corrected chi connectivity index (χ4v) is 2.05. The zero-order chi connectivity index (χ0) is 10.1. The molecule has 2 nitrogen and oxygen atoms in total. The van der Waals surface area contributed by atoms with Gasteiger partial charge in [-0.3, -0.25) is 4.90 Å². The highest BCUT2D eigenvalue weighted by Gasteiger charge is 2.27. The van der Waals surface area contributed by atoms with Crippen LogP contribution in [0.3, 0.4) is 0 Å². The third kappa shape index (κ3) is 2.96. The Balaban J connectivity index is 2.39. The molecule has 1 rings (SSSR count). The van der Waals surface area contributed by atoms with Crippen molar-refractivity contribution in [2.45, 2.75) is 45.2 Å². The molecule has 0 bridgehead atoms. The van der Waals surface area contributed by atoms with E-state index in [0.717, 1.165) is 6.04 Å². The number of likely N-dealkylation sites (tertiary alicyclic amines) is 1. The van der Waals surface area contributed by atoms with Crippen molar-refractivity contribution in [1.82, 2.24) is 9.80 Å². The van der Waals surface area contributed by atoms with Crippen LogP contribution in [0.25, 0.3) is 0 Å². The van der Waals surface area contributed by atoms with Crippen LogP contribution in [-0.4, -0.2) is 48.6 Å². The SMILES string of the molecule is CN(C)C1CCN(C(C)(C)C)CC1. The van der Waals surface area contributed by atoms with E-state index in [1.807, 2.05) is 0 Å². The van der Waals surface area contributed by atoms with E-state index in [9.17, 15) is 0 Å². The van der Waals surface area contributed by atoms with Crippen molar-refractivity contribution in [3.63, 3.8) is 0 Å². The highest BCUT2D eigenvalue weighted by molar-refractivity contribution is 4.84. The summed E-state index contributed by atoms with van der Waals surface area (Å²) in [6.45, 7) is 9.44. The largest absolute Gasteiger partial charge is 0.306 e. The first-order valence-corrected chi connectivity index (χ1v) is 5.33. The zero-order valence-electron chi connectivity index (χ0n) is 9.80. The third-order valence-corrected chi connectivity index (χ3v) is 3.14. The summed E-state index contributed by atoms with van der Waals surface area (Å²) >= 11 is 0. The lowest BCUT2D eigenvalue weighted by molar-refractivity contribution is 0.0729. The Kier molecular flexibility index (Phi) is 3.36. The van der Waals surface area contributed by atoms with Crippen LogP contribution in [0, 0.1) is 0 Å². The summed E-state index contributed by atoms with van der Waals surface area (Å²) in [5, 5.41) is 0. The van der Waals surface area contributed by atoms with Crippen LogP contribution in [0.4, 0.5) is 0 Å². The Morgan fingerprint density at radius 3 is 1.85 bits per heavy atom. The van der Waals surface area contributed by atoms with E-state index in [1.54, 1.807) is 0 Å². The van der Waals surface area contributed by atoms with E-state index >= 15 is 0 Å². The van der Waals surface area contributed by atoms with Crippen LogP contribution in [0.5, 0.6) is 0 Å². The van der Waals surface area contributed by atoms with Crippen molar-refractivity contribution in [2.24, 2.45) is 0 Å². The molecule has 13 heavy (non-hydrogen) atoms. The third-order valence-electron chi connectivity index (χ3n) is 3.14. The minimum Gasteiger partial charge on any atom is -0.306 e. The molecule has 0 atom stereocenters. The van der Waals surface area contributed by atoms with E-state index in [-0.39, 0.29) is 0 Å². The lowest BCUT2D eigenvalue weighted by Crippen LogP contribution is -2.49. The molecule has 0 radical (unpaired) electrons. The summed E-state index contributed by atoms with van der Waals surface area (Å²) in [4.78, 5) is 4.95. The Hall–Kier alpha value is -0.0800. The maximum Gasteiger partial charge on any atom is 0.0125 e. The Bertz CT molecular complexity index is 150. The van der Waals surface area contributed by atoms with Crippen molar-refractivity contribution >= 4 is 0 Å². The molecule has 1 saturated heterocycles. The molecule has 1 heterocycles. The first-order valence-electron chi connectivity index (χ1n) is 5.33. The fourth-order valence-electron chi connectivity index (χ4n) is 2.05. The van der Waals surface area contributed by atoms with Crippen molar-refractivity contribution in [3.8, 4) is 0 Å². The summed E-state index contributed by atoms with van der Waals surface area (Å²) in [5.41, 5.74) is 0.358. The molecule has 0 aromatic carbocycles. The molecule has 0 aromatic heterocycles. The predicted molar refractivity (Wildman–Crippen MR) is 58.0 cm³/mol. The van der Waals surface area contributed by atoms with Crippen molar-refractivity contribution in [2.75, 3.05) is 27.2 Å². The Labute approximate surface area is 82.9 Å². The van der Waals surface area contributed by atoms with Gasteiger partial charge < -0.3 is 4.90 Å². The molecular formula is C11H24N2. The molecule has 0 spiro atoms. The number of hydrogen-bond donors (Lipinski definition) is 0. The monoisotopic (exact) mass is 184 g/mol. The van der Waals surface area contributed by atoms with Gasteiger partial charge in [-0.15, -0.1) is 0 Å². The molecule has 2 heteroatoms. The van der Waals surface area contributed by atoms with Crippen LogP contribution in [0.1, 0.15) is 33.6 Å². The topological polar surface area (TPSA) is 6.48 Å². The van der Waals surface area contributed by atoms with Crippen LogP contribution in [0.2, 0.25) is 0 Å². The summed E-state index contributed by atoms with van der Waals surface area (Å²) in [5.74, 6) is 0. The molecule has 0 unspecified atom stereocenters. The van der Waals surface area contributed by atoms with Gasteiger partial charge >= 0.3 is 0 Å². The van der Waals surface area contributed by atoms with E-state index in [4.69, 9.17) is 0 Å². The summed E-state index contributed by atoms with van der Waals surface area (Å²) < 4.78 is 0.